The molecule has 0 fully saturated rings. The van der Waals surface area contributed by atoms with E-state index in [0.29, 0.717) is 12.6 Å². The van der Waals surface area contributed by atoms with Crippen LogP contribution in [0.2, 0.25) is 0 Å². The summed E-state index contributed by atoms with van der Waals surface area (Å²) in [7, 11) is -3.37. The predicted octanol–water partition coefficient (Wildman–Crippen LogP) is 2.18. The molecule has 0 spiro atoms. The van der Waals surface area contributed by atoms with Crippen LogP contribution in [0, 0.1) is 17.6 Å². The second-order valence-corrected chi connectivity index (χ2v) is 12.7. The molecule has 0 aliphatic heterocycles. The lowest BCUT2D eigenvalue weighted by molar-refractivity contribution is -0.123. The van der Waals surface area contributed by atoms with E-state index < -0.39 is 57.2 Å². The van der Waals surface area contributed by atoms with E-state index in [1.165, 1.54) is 0 Å². The van der Waals surface area contributed by atoms with Crippen LogP contribution in [-0.4, -0.2) is 84.4 Å². The summed E-state index contributed by atoms with van der Waals surface area (Å²) in [6.45, 7) is 8.75. The minimum absolute atomic E-state index is 0.0584. The summed E-state index contributed by atoms with van der Waals surface area (Å²) in [6, 6.07) is 0.719. The summed E-state index contributed by atoms with van der Waals surface area (Å²) in [6.07, 6.45) is -1.95. The highest BCUT2D eigenvalue weighted by Gasteiger charge is 2.38. The number of carboxylic acid groups (broad SMARTS) is 1. The summed E-state index contributed by atoms with van der Waals surface area (Å²) >= 11 is 0. The summed E-state index contributed by atoms with van der Waals surface area (Å²) in [5.74, 6) is -2.24. The second kappa shape index (κ2) is 13.3. The lowest BCUT2D eigenvalue weighted by atomic mass is 9.94. The lowest BCUT2D eigenvalue weighted by Crippen LogP contribution is -2.59. The molecule has 0 aromatic heterocycles. The van der Waals surface area contributed by atoms with E-state index in [-0.39, 0.29) is 36.6 Å². The molecule has 0 saturated heterocycles. The van der Waals surface area contributed by atoms with Gasteiger partial charge in [-0.15, -0.1) is 0 Å². The predicted molar refractivity (Wildman–Crippen MR) is 133 cm³/mol. The Kier molecular flexibility index (Phi) is 11.7. The molecule has 12 heteroatoms. The lowest BCUT2D eigenvalue weighted by Gasteiger charge is -2.42. The zero-order chi connectivity index (χ0) is 27.8. The fraction of sp³-hybridized carbons (Fsp3) is 0.667. The quantitative estimate of drug-likeness (QED) is 0.304. The molecule has 0 bridgehead atoms. The van der Waals surface area contributed by atoms with Crippen LogP contribution in [0.4, 0.5) is 13.6 Å². The standard InChI is InChI=1S/C24H39F2N3O6S/c1-15(2)13-28-22(31)19(7-8-36(6,34)35)27-14-21(30)20(29(23(32)33)24(3,4)5)11-16-9-17(25)12-18(26)10-16/h9-10,12,15,19-21,27,30H,7-8,11,13-14H2,1-6H3,(H,28,31)(H,32,33)/t19-,20-,21+/m0/s1. The number of hydrogen-bond acceptors (Lipinski definition) is 6. The van der Waals surface area contributed by atoms with Gasteiger partial charge >= 0.3 is 6.09 Å². The first-order chi connectivity index (χ1) is 16.4. The Morgan fingerprint density at radius 1 is 1.08 bits per heavy atom. The van der Waals surface area contributed by atoms with E-state index in [1.54, 1.807) is 20.8 Å². The Morgan fingerprint density at radius 2 is 1.64 bits per heavy atom. The Bertz CT molecular complexity index is 978. The van der Waals surface area contributed by atoms with Gasteiger partial charge in [0, 0.05) is 31.0 Å². The number of aliphatic hydroxyl groups excluding tert-OH is 1. The molecule has 36 heavy (non-hydrogen) atoms. The molecule has 0 radical (unpaired) electrons. The smallest absolute Gasteiger partial charge is 0.408 e. The number of carbonyl (C=O) groups is 2. The van der Waals surface area contributed by atoms with Crippen LogP contribution < -0.4 is 10.6 Å². The van der Waals surface area contributed by atoms with Crippen molar-refractivity contribution in [1.82, 2.24) is 15.5 Å². The molecule has 4 N–H and O–H groups in total. The van der Waals surface area contributed by atoms with Crippen LogP contribution in [-0.2, 0) is 21.1 Å². The molecule has 206 valence electrons. The van der Waals surface area contributed by atoms with E-state index in [4.69, 9.17) is 0 Å². The third-order valence-electron chi connectivity index (χ3n) is 5.42. The SMILES string of the molecule is CC(C)CNC(=O)[C@H](CCS(C)(=O)=O)NC[C@@H](O)[C@H](Cc1cc(F)cc(F)c1)N(C(=O)O)C(C)(C)C. The number of hydrogen-bond donors (Lipinski definition) is 4. The highest BCUT2D eigenvalue weighted by Crippen LogP contribution is 2.23. The number of benzene rings is 1. The number of aliphatic hydroxyl groups is 1. The third-order valence-corrected chi connectivity index (χ3v) is 6.40. The fourth-order valence-electron chi connectivity index (χ4n) is 3.78. The van der Waals surface area contributed by atoms with Gasteiger partial charge in [-0.3, -0.25) is 9.69 Å². The molecule has 1 rings (SSSR count). The largest absolute Gasteiger partial charge is 0.465 e. The van der Waals surface area contributed by atoms with Crippen LogP contribution in [0.5, 0.6) is 0 Å². The van der Waals surface area contributed by atoms with Crippen LogP contribution in [0.3, 0.4) is 0 Å². The van der Waals surface area contributed by atoms with E-state index in [0.717, 1.165) is 23.3 Å². The molecule has 0 saturated carbocycles. The average Bonchev–Trinajstić information content (AvgIpc) is 2.68. The van der Waals surface area contributed by atoms with Gasteiger partial charge in [-0.05, 0) is 57.2 Å². The minimum atomic E-state index is -3.37. The van der Waals surface area contributed by atoms with Crippen molar-refractivity contribution in [3.63, 3.8) is 0 Å². The highest BCUT2D eigenvalue weighted by atomic mass is 32.2. The van der Waals surface area contributed by atoms with Crippen molar-refractivity contribution in [3.05, 3.63) is 35.4 Å². The Morgan fingerprint density at radius 3 is 2.08 bits per heavy atom. The van der Waals surface area contributed by atoms with Crippen LogP contribution in [0.15, 0.2) is 18.2 Å². The molecule has 1 aromatic rings. The van der Waals surface area contributed by atoms with Crippen molar-refractivity contribution in [3.8, 4) is 0 Å². The molecular weight excluding hydrogens is 496 g/mol. The van der Waals surface area contributed by atoms with Gasteiger partial charge in [-0.25, -0.2) is 22.0 Å². The zero-order valence-electron chi connectivity index (χ0n) is 21.7. The number of amides is 2. The third kappa shape index (κ3) is 11.2. The van der Waals surface area contributed by atoms with Gasteiger partial charge in [-0.2, -0.15) is 0 Å². The van der Waals surface area contributed by atoms with E-state index in [9.17, 15) is 37.0 Å². The second-order valence-electron chi connectivity index (χ2n) is 10.5. The van der Waals surface area contributed by atoms with Gasteiger partial charge in [0.15, 0.2) is 0 Å². The monoisotopic (exact) mass is 535 g/mol. The molecular formula is C24H39F2N3O6S. The molecule has 0 unspecified atom stereocenters. The average molecular weight is 536 g/mol. The Labute approximate surface area is 212 Å². The number of nitrogens with zero attached hydrogens (tertiary/aromatic N) is 1. The molecule has 0 aliphatic rings. The molecule has 0 heterocycles. The first kappa shape index (κ1) is 31.7. The summed E-state index contributed by atoms with van der Waals surface area (Å²) in [5.41, 5.74) is -0.830. The maximum atomic E-state index is 13.8. The summed E-state index contributed by atoms with van der Waals surface area (Å²) in [5, 5.41) is 26.5. The maximum Gasteiger partial charge on any atom is 0.408 e. The molecule has 2 amide bonds. The molecule has 3 atom stereocenters. The Hall–Kier alpha value is -2.31. The minimum Gasteiger partial charge on any atom is -0.465 e. The highest BCUT2D eigenvalue weighted by molar-refractivity contribution is 7.90. The van der Waals surface area contributed by atoms with Crippen LogP contribution in [0.1, 0.15) is 46.6 Å². The van der Waals surface area contributed by atoms with Crippen LogP contribution >= 0.6 is 0 Å². The molecule has 1 aromatic carbocycles. The van der Waals surface area contributed by atoms with Gasteiger partial charge in [0.2, 0.25) is 5.91 Å². The number of sulfone groups is 1. The van der Waals surface area contributed by atoms with Crippen LogP contribution in [0.25, 0.3) is 0 Å². The van der Waals surface area contributed by atoms with E-state index in [1.807, 2.05) is 13.8 Å². The molecule has 9 nitrogen and oxygen atoms in total. The fourth-order valence-corrected chi connectivity index (χ4v) is 4.44. The van der Waals surface area contributed by atoms with Gasteiger partial charge in [0.25, 0.3) is 0 Å². The summed E-state index contributed by atoms with van der Waals surface area (Å²) in [4.78, 5) is 25.8. The van der Waals surface area contributed by atoms with E-state index in [2.05, 4.69) is 10.6 Å². The van der Waals surface area contributed by atoms with Crippen molar-refractivity contribution in [2.24, 2.45) is 5.92 Å². The van der Waals surface area contributed by atoms with Gasteiger partial charge in [-0.1, -0.05) is 13.8 Å². The van der Waals surface area contributed by atoms with Crippen molar-refractivity contribution >= 4 is 21.8 Å². The molecule has 0 aliphatic carbocycles. The normalized spacial score (nSPS) is 14.8. The van der Waals surface area contributed by atoms with Gasteiger partial charge in [0.1, 0.15) is 21.5 Å². The first-order valence-corrected chi connectivity index (χ1v) is 13.8. The topological polar surface area (TPSA) is 136 Å². The van der Waals surface area contributed by atoms with Crippen molar-refractivity contribution in [2.45, 2.75) is 71.2 Å². The van der Waals surface area contributed by atoms with Crippen molar-refractivity contribution in [2.75, 3.05) is 25.1 Å². The first-order valence-electron chi connectivity index (χ1n) is 11.7. The van der Waals surface area contributed by atoms with Crippen molar-refractivity contribution < 1.29 is 37.0 Å². The van der Waals surface area contributed by atoms with Gasteiger partial charge < -0.3 is 20.8 Å². The van der Waals surface area contributed by atoms with Gasteiger partial charge in [0.05, 0.1) is 23.9 Å². The summed E-state index contributed by atoms with van der Waals surface area (Å²) < 4.78 is 50.9. The number of halogens is 2. The number of carbonyl (C=O) groups excluding carboxylic acids is 1. The number of rotatable bonds is 13. The zero-order valence-corrected chi connectivity index (χ0v) is 22.5. The van der Waals surface area contributed by atoms with E-state index >= 15 is 0 Å². The maximum absolute atomic E-state index is 13.8. The van der Waals surface area contributed by atoms with Crippen molar-refractivity contribution in [1.29, 1.82) is 0 Å². The Balaban J connectivity index is 3.20. The number of nitrogens with one attached hydrogen (secondary N) is 2.